The lowest BCUT2D eigenvalue weighted by molar-refractivity contribution is -0.929. The Bertz CT molecular complexity index is 335. The number of unbranched alkanes of at least 4 members (excludes halogenated alkanes) is 11. The fraction of sp³-hybridized carbons (Fsp3) is 0.962. The van der Waals surface area contributed by atoms with Crippen molar-refractivity contribution in [3.8, 4) is 0 Å². The molecule has 0 atom stereocenters. The van der Waals surface area contributed by atoms with Crippen LogP contribution in [-0.4, -0.2) is 43.2 Å². The highest BCUT2D eigenvalue weighted by Crippen LogP contribution is 2.15. The summed E-state index contributed by atoms with van der Waals surface area (Å²) in [4.78, 5) is 12.1. The van der Waals surface area contributed by atoms with Gasteiger partial charge in [-0.3, -0.25) is 4.79 Å². The normalized spacial score (nSPS) is 11.7. The molecule has 3 heteroatoms. The Labute approximate surface area is 183 Å². The van der Waals surface area contributed by atoms with Gasteiger partial charge in [-0.2, -0.15) is 0 Å². The van der Waals surface area contributed by atoms with Crippen LogP contribution in [0.2, 0.25) is 0 Å². The van der Waals surface area contributed by atoms with Crippen molar-refractivity contribution in [1.29, 1.82) is 0 Å². The minimum absolute atomic E-state index is 0.0209. The molecule has 0 aliphatic rings. The molecule has 0 radical (unpaired) electrons. The highest BCUT2D eigenvalue weighted by Gasteiger charge is 2.26. The molecule has 0 heterocycles. The summed E-state index contributed by atoms with van der Waals surface area (Å²) in [5.74, 6) is 0.0209. The zero-order valence-corrected chi connectivity index (χ0v) is 20.6. The molecule has 174 valence electrons. The van der Waals surface area contributed by atoms with Crippen molar-refractivity contribution in [1.82, 2.24) is 0 Å². The van der Waals surface area contributed by atoms with Crippen LogP contribution in [0.15, 0.2) is 0 Å². The van der Waals surface area contributed by atoms with E-state index in [0.29, 0.717) is 13.0 Å². The standard InChI is InChI=1S/C26H54NO2/c1-5-9-13-14-15-16-17-18-19-20-26(28)29-25-24-27(21-10-6-2,22-11-7-3)23-12-8-4/h5-25H2,1-4H3/q+1. The van der Waals surface area contributed by atoms with E-state index in [4.69, 9.17) is 4.74 Å². The number of hydrogen-bond acceptors (Lipinski definition) is 2. The van der Waals surface area contributed by atoms with Gasteiger partial charge in [0.15, 0.2) is 0 Å². The summed E-state index contributed by atoms with van der Waals surface area (Å²) in [6, 6.07) is 0. The summed E-state index contributed by atoms with van der Waals surface area (Å²) >= 11 is 0. The summed E-state index contributed by atoms with van der Waals surface area (Å²) in [6.45, 7) is 14.4. The average molecular weight is 413 g/mol. The molecule has 0 saturated carbocycles. The van der Waals surface area contributed by atoms with Crippen LogP contribution in [0.4, 0.5) is 0 Å². The predicted octanol–water partition coefficient (Wildman–Crippen LogP) is 7.67. The van der Waals surface area contributed by atoms with Gasteiger partial charge >= 0.3 is 5.97 Å². The van der Waals surface area contributed by atoms with Gasteiger partial charge in [-0.1, -0.05) is 98.3 Å². The van der Waals surface area contributed by atoms with Crippen molar-refractivity contribution in [2.45, 2.75) is 130 Å². The van der Waals surface area contributed by atoms with Crippen LogP contribution >= 0.6 is 0 Å². The monoisotopic (exact) mass is 412 g/mol. The third-order valence-corrected chi connectivity index (χ3v) is 6.27. The Balaban J connectivity index is 4.05. The maximum absolute atomic E-state index is 12.1. The van der Waals surface area contributed by atoms with Crippen LogP contribution in [0.5, 0.6) is 0 Å². The van der Waals surface area contributed by atoms with E-state index in [0.717, 1.165) is 17.4 Å². The quantitative estimate of drug-likeness (QED) is 0.104. The second-order valence-electron chi connectivity index (χ2n) is 9.10. The first-order valence-electron chi connectivity index (χ1n) is 13.1. The van der Waals surface area contributed by atoms with Crippen LogP contribution in [0.25, 0.3) is 0 Å². The summed E-state index contributed by atoms with van der Waals surface area (Å²) in [7, 11) is 0. The van der Waals surface area contributed by atoms with Crippen molar-refractivity contribution in [2.24, 2.45) is 0 Å². The lowest BCUT2D eigenvalue weighted by Gasteiger charge is -2.39. The molecule has 0 unspecified atom stereocenters. The second kappa shape index (κ2) is 20.7. The van der Waals surface area contributed by atoms with Gasteiger partial charge < -0.3 is 9.22 Å². The molecule has 0 rings (SSSR count). The highest BCUT2D eigenvalue weighted by atomic mass is 16.5. The van der Waals surface area contributed by atoms with Crippen molar-refractivity contribution in [3.63, 3.8) is 0 Å². The van der Waals surface area contributed by atoms with Gasteiger partial charge in [0.1, 0.15) is 13.2 Å². The van der Waals surface area contributed by atoms with Crippen LogP contribution in [0.3, 0.4) is 0 Å². The molecule has 29 heavy (non-hydrogen) atoms. The third-order valence-electron chi connectivity index (χ3n) is 6.27. The lowest BCUT2D eigenvalue weighted by atomic mass is 10.1. The van der Waals surface area contributed by atoms with Gasteiger partial charge in [0.25, 0.3) is 0 Å². The first-order valence-corrected chi connectivity index (χ1v) is 13.1. The number of rotatable bonds is 22. The maximum atomic E-state index is 12.1. The van der Waals surface area contributed by atoms with Crippen molar-refractivity contribution in [2.75, 3.05) is 32.8 Å². The number of carbonyl (C=O) groups is 1. The van der Waals surface area contributed by atoms with Gasteiger partial charge in [-0.05, 0) is 25.7 Å². The zero-order chi connectivity index (χ0) is 21.6. The Hall–Kier alpha value is -0.570. The zero-order valence-electron chi connectivity index (χ0n) is 20.6. The van der Waals surface area contributed by atoms with Gasteiger partial charge in [0.05, 0.1) is 19.6 Å². The first kappa shape index (κ1) is 28.4. The van der Waals surface area contributed by atoms with Crippen LogP contribution in [0.1, 0.15) is 130 Å². The van der Waals surface area contributed by atoms with Crippen molar-refractivity contribution in [3.05, 3.63) is 0 Å². The van der Waals surface area contributed by atoms with Gasteiger partial charge in [0, 0.05) is 6.42 Å². The number of ether oxygens (including phenoxy) is 1. The molecule has 0 saturated heterocycles. The number of hydrogen-bond donors (Lipinski definition) is 0. The van der Waals surface area contributed by atoms with Crippen LogP contribution in [-0.2, 0) is 9.53 Å². The summed E-state index contributed by atoms with van der Waals surface area (Å²) in [5.41, 5.74) is 0. The number of quaternary nitrogens is 1. The van der Waals surface area contributed by atoms with E-state index in [2.05, 4.69) is 27.7 Å². The molecular weight excluding hydrogens is 358 g/mol. The smallest absolute Gasteiger partial charge is 0.305 e. The van der Waals surface area contributed by atoms with Crippen molar-refractivity contribution < 1.29 is 14.0 Å². The van der Waals surface area contributed by atoms with E-state index < -0.39 is 0 Å². The molecule has 0 amide bonds. The molecule has 3 nitrogen and oxygen atoms in total. The Morgan fingerprint density at radius 1 is 0.552 bits per heavy atom. The summed E-state index contributed by atoms with van der Waals surface area (Å²) in [6.07, 6.45) is 19.8. The van der Waals surface area contributed by atoms with Crippen molar-refractivity contribution >= 4 is 5.97 Å². The summed E-state index contributed by atoms with van der Waals surface area (Å²) < 4.78 is 6.81. The minimum atomic E-state index is 0.0209. The molecule has 0 aromatic heterocycles. The van der Waals surface area contributed by atoms with E-state index in [1.165, 1.54) is 110 Å². The Morgan fingerprint density at radius 2 is 0.966 bits per heavy atom. The molecule has 0 bridgehead atoms. The third kappa shape index (κ3) is 16.9. The summed E-state index contributed by atoms with van der Waals surface area (Å²) in [5, 5.41) is 0. The van der Waals surface area contributed by atoms with E-state index in [1.54, 1.807) is 0 Å². The lowest BCUT2D eigenvalue weighted by Crippen LogP contribution is -2.52. The minimum Gasteiger partial charge on any atom is -0.460 e. The predicted molar refractivity (Wildman–Crippen MR) is 127 cm³/mol. The van der Waals surface area contributed by atoms with Gasteiger partial charge in [0.2, 0.25) is 0 Å². The number of carbonyl (C=O) groups excluding carboxylic acids is 1. The Kier molecular flexibility index (Phi) is 20.3. The SMILES string of the molecule is CCCCCCCCCCCC(=O)OCC[N+](CCCC)(CCCC)CCCC. The number of nitrogens with zero attached hydrogens (tertiary/aromatic N) is 1. The molecule has 0 aromatic rings. The number of esters is 1. The fourth-order valence-electron chi connectivity index (χ4n) is 4.16. The van der Waals surface area contributed by atoms with E-state index in [9.17, 15) is 4.79 Å². The van der Waals surface area contributed by atoms with E-state index in [-0.39, 0.29) is 5.97 Å². The average Bonchev–Trinajstić information content (AvgIpc) is 2.73. The molecular formula is C26H54NO2+. The van der Waals surface area contributed by atoms with Crippen LogP contribution < -0.4 is 0 Å². The second-order valence-corrected chi connectivity index (χ2v) is 9.10. The molecule has 0 aromatic carbocycles. The first-order chi connectivity index (χ1) is 14.1. The maximum Gasteiger partial charge on any atom is 0.305 e. The van der Waals surface area contributed by atoms with E-state index >= 15 is 0 Å². The topological polar surface area (TPSA) is 26.3 Å². The largest absolute Gasteiger partial charge is 0.460 e. The molecule has 0 spiro atoms. The van der Waals surface area contributed by atoms with Gasteiger partial charge in [-0.25, -0.2) is 0 Å². The molecule has 0 aliphatic heterocycles. The van der Waals surface area contributed by atoms with E-state index in [1.807, 2.05) is 0 Å². The Morgan fingerprint density at radius 3 is 1.41 bits per heavy atom. The molecule has 0 aliphatic carbocycles. The molecule has 0 fully saturated rings. The highest BCUT2D eigenvalue weighted by molar-refractivity contribution is 5.69. The van der Waals surface area contributed by atoms with Gasteiger partial charge in [-0.15, -0.1) is 0 Å². The molecule has 0 N–H and O–H groups in total. The fourth-order valence-corrected chi connectivity index (χ4v) is 4.16. The van der Waals surface area contributed by atoms with Crippen LogP contribution in [0, 0.1) is 0 Å².